The number of nitrogens with two attached hydrogens (primary N) is 1. The van der Waals surface area contributed by atoms with E-state index in [4.69, 9.17) is 5.73 Å². The average molecular weight is 289 g/mol. The van der Waals surface area contributed by atoms with Gasteiger partial charge in [-0.2, -0.15) is 0 Å². The van der Waals surface area contributed by atoms with Crippen LogP contribution in [0.15, 0.2) is 24.3 Å². The molecule has 1 aromatic rings. The fourth-order valence-electron chi connectivity index (χ4n) is 3.23. The molecule has 0 aliphatic heterocycles. The maximum Gasteiger partial charge on any atom is 0.322 e. The zero-order chi connectivity index (χ0) is 15.2. The summed E-state index contributed by atoms with van der Waals surface area (Å²) in [6, 6.07) is 8.18. The first-order valence-corrected chi connectivity index (χ1v) is 8.00. The lowest BCUT2D eigenvalue weighted by molar-refractivity contribution is 0.135. The lowest BCUT2D eigenvalue weighted by Gasteiger charge is -2.39. The summed E-state index contributed by atoms with van der Waals surface area (Å²) in [5, 5.41) is 3.01. The Labute approximate surface area is 127 Å². The standard InChI is InChI=1S/C17H27N3O/c1-3-20(16-7-5-4-6-14(16)12-18)17(21)19-15-10-8-13(2)9-11-15/h8-11,14,16H,3-7,12,18H2,1-2H3,(H,19,21). The maximum atomic E-state index is 12.6. The lowest BCUT2D eigenvalue weighted by atomic mass is 9.83. The third-order valence-electron chi connectivity index (χ3n) is 4.48. The van der Waals surface area contributed by atoms with Crippen LogP contribution < -0.4 is 11.1 Å². The second kappa shape index (κ2) is 7.46. The first kappa shape index (κ1) is 15.8. The van der Waals surface area contributed by atoms with E-state index < -0.39 is 0 Å². The van der Waals surface area contributed by atoms with E-state index in [1.165, 1.54) is 18.4 Å². The highest BCUT2D eigenvalue weighted by Crippen LogP contribution is 2.28. The molecule has 4 heteroatoms. The van der Waals surface area contributed by atoms with E-state index in [-0.39, 0.29) is 12.1 Å². The van der Waals surface area contributed by atoms with Crippen molar-refractivity contribution in [1.82, 2.24) is 4.90 Å². The van der Waals surface area contributed by atoms with Crippen LogP contribution >= 0.6 is 0 Å². The largest absolute Gasteiger partial charge is 0.330 e. The van der Waals surface area contributed by atoms with Gasteiger partial charge >= 0.3 is 6.03 Å². The molecule has 1 aliphatic carbocycles. The molecule has 116 valence electrons. The van der Waals surface area contributed by atoms with Crippen molar-refractivity contribution in [3.8, 4) is 0 Å². The topological polar surface area (TPSA) is 58.4 Å². The number of benzene rings is 1. The molecular formula is C17H27N3O. The molecule has 3 N–H and O–H groups in total. The van der Waals surface area contributed by atoms with E-state index in [9.17, 15) is 4.79 Å². The third kappa shape index (κ3) is 3.97. The number of nitrogens with zero attached hydrogens (tertiary/aromatic N) is 1. The summed E-state index contributed by atoms with van der Waals surface area (Å²) >= 11 is 0. The number of anilines is 1. The Bertz CT molecular complexity index is 458. The van der Waals surface area contributed by atoms with E-state index in [0.29, 0.717) is 12.5 Å². The Morgan fingerprint density at radius 2 is 1.95 bits per heavy atom. The van der Waals surface area contributed by atoms with Gasteiger partial charge in [0.2, 0.25) is 0 Å². The highest BCUT2D eigenvalue weighted by Gasteiger charge is 2.31. The fourth-order valence-corrected chi connectivity index (χ4v) is 3.23. The van der Waals surface area contributed by atoms with Crippen molar-refractivity contribution < 1.29 is 4.79 Å². The number of hydrogen-bond donors (Lipinski definition) is 2. The Morgan fingerprint density at radius 3 is 2.57 bits per heavy atom. The molecule has 0 radical (unpaired) electrons. The molecule has 2 atom stereocenters. The second-order valence-corrected chi connectivity index (χ2v) is 5.93. The normalized spacial score (nSPS) is 21.9. The molecule has 2 rings (SSSR count). The molecule has 0 spiro atoms. The van der Waals surface area contributed by atoms with Crippen molar-refractivity contribution in [1.29, 1.82) is 0 Å². The van der Waals surface area contributed by atoms with Crippen molar-refractivity contribution in [2.24, 2.45) is 11.7 Å². The maximum absolute atomic E-state index is 12.6. The molecule has 4 nitrogen and oxygen atoms in total. The Balaban J connectivity index is 2.05. The zero-order valence-electron chi connectivity index (χ0n) is 13.1. The molecule has 0 heterocycles. The van der Waals surface area contributed by atoms with Gasteiger partial charge < -0.3 is 16.0 Å². The van der Waals surface area contributed by atoms with Gasteiger partial charge in [0, 0.05) is 18.3 Å². The summed E-state index contributed by atoms with van der Waals surface area (Å²) in [6.07, 6.45) is 4.62. The number of hydrogen-bond acceptors (Lipinski definition) is 2. The predicted octanol–water partition coefficient (Wildman–Crippen LogP) is 3.37. The minimum atomic E-state index is -0.00768. The van der Waals surface area contributed by atoms with E-state index in [0.717, 1.165) is 25.1 Å². The Kier molecular flexibility index (Phi) is 5.62. The van der Waals surface area contributed by atoms with Crippen LogP contribution in [0.3, 0.4) is 0 Å². The monoisotopic (exact) mass is 289 g/mol. The predicted molar refractivity (Wildman–Crippen MR) is 87.4 cm³/mol. The molecule has 21 heavy (non-hydrogen) atoms. The number of carbonyl (C=O) groups excluding carboxylic acids is 1. The summed E-state index contributed by atoms with van der Waals surface area (Å²) < 4.78 is 0. The van der Waals surface area contributed by atoms with Gasteiger partial charge in [-0.1, -0.05) is 30.5 Å². The van der Waals surface area contributed by atoms with Gasteiger partial charge in [0.25, 0.3) is 0 Å². The van der Waals surface area contributed by atoms with Gasteiger partial charge in [0.05, 0.1) is 0 Å². The van der Waals surface area contributed by atoms with Gasteiger partial charge in [0.15, 0.2) is 0 Å². The molecule has 1 aromatic carbocycles. The molecule has 2 unspecified atom stereocenters. The fraction of sp³-hybridized carbons (Fsp3) is 0.588. The first-order chi connectivity index (χ1) is 10.2. The van der Waals surface area contributed by atoms with Gasteiger partial charge in [0.1, 0.15) is 0 Å². The molecule has 0 aromatic heterocycles. The van der Waals surface area contributed by atoms with Crippen LogP contribution in [-0.2, 0) is 0 Å². The number of amides is 2. The van der Waals surface area contributed by atoms with Gasteiger partial charge in [-0.15, -0.1) is 0 Å². The van der Waals surface area contributed by atoms with Crippen LogP contribution in [0.5, 0.6) is 0 Å². The van der Waals surface area contributed by atoms with Gasteiger partial charge in [-0.3, -0.25) is 0 Å². The summed E-state index contributed by atoms with van der Waals surface area (Å²) in [4.78, 5) is 14.5. The van der Waals surface area contributed by atoms with Gasteiger partial charge in [-0.25, -0.2) is 4.79 Å². The molecule has 1 aliphatic rings. The minimum absolute atomic E-state index is 0.00768. The molecular weight excluding hydrogens is 262 g/mol. The Morgan fingerprint density at radius 1 is 1.29 bits per heavy atom. The van der Waals surface area contributed by atoms with Crippen LogP contribution in [0, 0.1) is 12.8 Å². The molecule has 1 fully saturated rings. The summed E-state index contributed by atoms with van der Waals surface area (Å²) in [5.41, 5.74) is 7.94. The van der Waals surface area contributed by atoms with E-state index in [2.05, 4.69) is 5.32 Å². The Hall–Kier alpha value is -1.55. The average Bonchev–Trinajstić information content (AvgIpc) is 2.51. The van der Waals surface area contributed by atoms with Crippen LogP contribution in [0.4, 0.5) is 10.5 Å². The summed E-state index contributed by atoms with van der Waals surface area (Å²) in [7, 11) is 0. The smallest absolute Gasteiger partial charge is 0.322 e. The molecule has 0 saturated heterocycles. The molecule has 2 amide bonds. The summed E-state index contributed by atoms with van der Waals surface area (Å²) in [5.74, 6) is 0.433. The van der Waals surface area contributed by atoms with Crippen molar-refractivity contribution in [3.05, 3.63) is 29.8 Å². The third-order valence-corrected chi connectivity index (χ3v) is 4.48. The van der Waals surface area contributed by atoms with E-state index in [1.807, 2.05) is 43.0 Å². The van der Waals surface area contributed by atoms with Crippen LogP contribution in [0.25, 0.3) is 0 Å². The second-order valence-electron chi connectivity index (χ2n) is 5.93. The van der Waals surface area contributed by atoms with E-state index >= 15 is 0 Å². The van der Waals surface area contributed by atoms with E-state index in [1.54, 1.807) is 0 Å². The van der Waals surface area contributed by atoms with Gasteiger partial charge in [-0.05, 0) is 51.3 Å². The van der Waals surface area contributed by atoms with Crippen molar-refractivity contribution in [2.45, 2.75) is 45.6 Å². The zero-order valence-corrected chi connectivity index (χ0v) is 13.1. The molecule has 0 bridgehead atoms. The van der Waals surface area contributed by atoms with Crippen LogP contribution in [0.2, 0.25) is 0 Å². The van der Waals surface area contributed by atoms with Crippen molar-refractivity contribution in [2.75, 3.05) is 18.4 Å². The quantitative estimate of drug-likeness (QED) is 0.893. The molecule has 1 saturated carbocycles. The highest BCUT2D eigenvalue weighted by atomic mass is 16.2. The highest BCUT2D eigenvalue weighted by molar-refractivity contribution is 5.89. The minimum Gasteiger partial charge on any atom is -0.330 e. The number of urea groups is 1. The number of aryl methyl sites for hydroxylation is 1. The summed E-state index contributed by atoms with van der Waals surface area (Å²) in [6.45, 7) is 5.46. The first-order valence-electron chi connectivity index (χ1n) is 8.00. The van der Waals surface area contributed by atoms with Crippen molar-refractivity contribution in [3.63, 3.8) is 0 Å². The lowest BCUT2D eigenvalue weighted by Crippen LogP contribution is -2.49. The number of rotatable bonds is 4. The van der Waals surface area contributed by atoms with Crippen LogP contribution in [0.1, 0.15) is 38.2 Å². The number of nitrogens with one attached hydrogen (secondary N) is 1. The van der Waals surface area contributed by atoms with Crippen LogP contribution in [-0.4, -0.2) is 30.1 Å². The number of carbonyl (C=O) groups is 1. The SMILES string of the molecule is CCN(C(=O)Nc1ccc(C)cc1)C1CCCCC1CN. The van der Waals surface area contributed by atoms with Crippen molar-refractivity contribution >= 4 is 11.7 Å².